The molecule has 2 aromatic rings. The van der Waals surface area contributed by atoms with Crippen molar-refractivity contribution in [3.8, 4) is 0 Å². The number of anilines is 3. The van der Waals surface area contributed by atoms with Crippen LogP contribution in [-0.2, 0) is 14.9 Å². The largest absolute Gasteiger partial charge is 0.378 e. The third-order valence-corrected chi connectivity index (χ3v) is 7.45. The highest BCUT2D eigenvalue weighted by molar-refractivity contribution is 7.80. The van der Waals surface area contributed by atoms with Crippen molar-refractivity contribution < 1.29 is 13.9 Å². The molecule has 2 aliphatic heterocycles. The molecule has 0 unspecified atom stereocenters. The molecule has 1 aromatic carbocycles. The van der Waals surface area contributed by atoms with Crippen LogP contribution in [0.25, 0.3) is 0 Å². The van der Waals surface area contributed by atoms with Crippen molar-refractivity contribution in [1.82, 2.24) is 15.3 Å². The monoisotopic (exact) mass is 500 g/mol. The predicted molar refractivity (Wildman–Crippen MR) is 139 cm³/mol. The maximum atomic E-state index is 13.5. The molecular weight excluding hydrogens is 467 g/mol. The fraction of sp³-hybridized carbons (Fsp3) is 0.560. The minimum atomic E-state index is -0.208. The van der Waals surface area contributed by atoms with Gasteiger partial charge in [0.25, 0.3) is 0 Å². The van der Waals surface area contributed by atoms with Crippen molar-refractivity contribution in [2.75, 3.05) is 74.3 Å². The van der Waals surface area contributed by atoms with Crippen LogP contribution in [0.15, 0.2) is 30.3 Å². The van der Waals surface area contributed by atoms with Crippen LogP contribution in [0.1, 0.15) is 31.2 Å². The SMILES string of the molecule is Fc1ccc(C2(CNC(=S)Nc3nc(N4CCOCC4)cc(N4CCOCC4)n3)CCCC2)cc1. The number of hydrogen-bond donors (Lipinski definition) is 2. The summed E-state index contributed by atoms with van der Waals surface area (Å²) >= 11 is 5.66. The maximum Gasteiger partial charge on any atom is 0.232 e. The van der Waals surface area contributed by atoms with Crippen LogP contribution < -0.4 is 20.4 Å². The molecule has 1 aromatic heterocycles. The van der Waals surface area contributed by atoms with E-state index in [-0.39, 0.29) is 11.2 Å². The number of thiocarbonyl (C=S) groups is 1. The smallest absolute Gasteiger partial charge is 0.232 e. The Morgan fingerprint density at radius 1 is 0.914 bits per heavy atom. The van der Waals surface area contributed by atoms with Crippen molar-refractivity contribution in [2.24, 2.45) is 0 Å². The summed E-state index contributed by atoms with van der Waals surface area (Å²) in [7, 11) is 0. The van der Waals surface area contributed by atoms with Crippen molar-refractivity contribution in [3.63, 3.8) is 0 Å². The van der Waals surface area contributed by atoms with Gasteiger partial charge in [-0.2, -0.15) is 9.97 Å². The third-order valence-electron chi connectivity index (χ3n) is 7.20. The molecule has 2 N–H and O–H groups in total. The Bertz CT molecular complexity index is 969. The van der Waals surface area contributed by atoms with E-state index in [1.807, 2.05) is 18.2 Å². The normalized spacial score (nSPS) is 20.0. The molecular formula is C25H33FN6O2S. The number of ether oxygens (including phenoxy) is 2. The predicted octanol–water partition coefficient (Wildman–Crippen LogP) is 3.09. The topological polar surface area (TPSA) is 74.8 Å². The number of nitrogens with zero attached hydrogens (tertiary/aromatic N) is 4. The van der Waals surface area contributed by atoms with Crippen molar-refractivity contribution in [1.29, 1.82) is 0 Å². The lowest BCUT2D eigenvalue weighted by Crippen LogP contribution is -2.41. The number of rotatable bonds is 6. The lowest BCUT2D eigenvalue weighted by molar-refractivity contribution is 0.122. The van der Waals surface area contributed by atoms with Gasteiger partial charge in [0.15, 0.2) is 5.11 Å². The van der Waals surface area contributed by atoms with Gasteiger partial charge in [0, 0.05) is 44.2 Å². The molecule has 188 valence electrons. The molecule has 3 aliphatic rings. The standard InChI is InChI=1S/C25H33FN6O2S/c26-20-5-3-19(4-6-20)25(7-1-2-8-25)18-27-24(35)30-23-28-21(31-9-13-33-14-10-31)17-22(29-23)32-11-15-34-16-12-32/h3-6,17H,1-2,7-16,18H2,(H2,27,28,29,30,35). The molecule has 8 nitrogen and oxygen atoms in total. The Kier molecular flexibility index (Phi) is 7.60. The second kappa shape index (κ2) is 11.0. The van der Waals surface area contributed by atoms with E-state index in [2.05, 4.69) is 20.4 Å². The molecule has 3 fully saturated rings. The van der Waals surface area contributed by atoms with Gasteiger partial charge < -0.3 is 29.9 Å². The fourth-order valence-electron chi connectivity index (χ4n) is 5.20. The number of benzene rings is 1. The first kappa shape index (κ1) is 24.1. The van der Waals surface area contributed by atoms with E-state index in [4.69, 9.17) is 31.7 Å². The van der Waals surface area contributed by atoms with Gasteiger partial charge in [-0.05, 0) is 42.8 Å². The second-order valence-electron chi connectivity index (χ2n) is 9.41. The third kappa shape index (κ3) is 5.82. The summed E-state index contributed by atoms with van der Waals surface area (Å²) in [5, 5.41) is 7.12. The molecule has 0 radical (unpaired) electrons. The molecule has 1 saturated carbocycles. The van der Waals surface area contributed by atoms with Crippen molar-refractivity contribution in [2.45, 2.75) is 31.1 Å². The van der Waals surface area contributed by atoms with E-state index in [1.165, 1.54) is 0 Å². The molecule has 0 atom stereocenters. The molecule has 0 bridgehead atoms. The maximum absolute atomic E-state index is 13.5. The van der Waals surface area contributed by atoms with Crippen LogP contribution >= 0.6 is 12.2 Å². The van der Waals surface area contributed by atoms with Crippen molar-refractivity contribution in [3.05, 3.63) is 41.7 Å². The number of aromatic nitrogens is 2. The van der Waals surface area contributed by atoms with Gasteiger partial charge in [0.05, 0.1) is 26.4 Å². The van der Waals surface area contributed by atoms with Crippen LogP contribution in [0.3, 0.4) is 0 Å². The van der Waals surface area contributed by atoms with Crippen LogP contribution in [-0.4, -0.2) is 74.2 Å². The molecule has 10 heteroatoms. The Hall–Kier alpha value is -2.56. The molecule has 1 aliphatic carbocycles. The first-order chi connectivity index (χ1) is 17.1. The summed E-state index contributed by atoms with van der Waals surface area (Å²) in [6.45, 7) is 6.60. The first-order valence-corrected chi connectivity index (χ1v) is 12.9. The molecule has 5 rings (SSSR count). The van der Waals surface area contributed by atoms with Crippen LogP contribution in [0.5, 0.6) is 0 Å². The van der Waals surface area contributed by atoms with Gasteiger partial charge in [0.2, 0.25) is 5.95 Å². The average Bonchev–Trinajstić information content (AvgIpc) is 3.39. The minimum Gasteiger partial charge on any atom is -0.378 e. The van der Waals surface area contributed by atoms with E-state index < -0.39 is 0 Å². The number of hydrogen-bond acceptors (Lipinski definition) is 7. The quantitative estimate of drug-likeness (QED) is 0.582. The van der Waals surface area contributed by atoms with E-state index in [9.17, 15) is 4.39 Å². The zero-order valence-electron chi connectivity index (χ0n) is 20.0. The molecule has 0 spiro atoms. The summed E-state index contributed by atoms with van der Waals surface area (Å²) in [5.41, 5.74) is 1.11. The average molecular weight is 501 g/mol. The van der Waals surface area contributed by atoms with Crippen LogP contribution in [0.4, 0.5) is 22.0 Å². The highest BCUT2D eigenvalue weighted by Crippen LogP contribution is 2.40. The summed E-state index contributed by atoms with van der Waals surface area (Å²) in [6.07, 6.45) is 4.43. The molecule has 35 heavy (non-hydrogen) atoms. The van der Waals surface area contributed by atoms with E-state index >= 15 is 0 Å². The first-order valence-electron chi connectivity index (χ1n) is 12.5. The van der Waals surface area contributed by atoms with Gasteiger partial charge in [-0.25, -0.2) is 4.39 Å². The van der Waals surface area contributed by atoms with Gasteiger partial charge in [-0.3, -0.25) is 0 Å². The fourth-order valence-corrected chi connectivity index (χ4v) is 5.37. The Morgan fingerprint density at radius 2 is 1.46 bits per heavy atom. The molecule has 0 amide bonds. The second-order valence-corrected chi connectivity index (χ2v) is 9.82. The zero-order valence-corrected chi connectivity index (χ0v) is 20.8. The Labute approximate surface area is 211 Å². The van der Waals surface area contributed by atoms with E-state index in [0.29, 0.717) is 44.0 Å². The Morgan fingerprint density at radius 3 is 2.00 bits per heavy atom. The highest BCUT2D eigenvalue weighted by Gasteiger charge is 2.35. The van der Waals surface area contributed by atoms with Gasteiger partial charge >= 0.3 is 0 Å². The van der Waals surface area contributed by atoms with Gasteiger partial charge in [-0.15, -0.1) is 0 Å². The van der Waals surface area contributed by atoms with Crippen LogP contribution in [0.2, 0.25) is 0 Å². The zero-order chi connectivity index (χ0) is 24.1. The van der Waals surface area contributed by atoms with E-state index in [1.54, 1.807) is 12.1 Å². The summed E-state index contributed by atoms with van der Waals surface area (Å²) < 4.78 is 24.5. The molecule has 2 saturated heterocycles. The molecule has 3 heterocycles. The lowest BCUT2D eigenvalue weighted by atomic mass is 9.79. The van der Waals surface area contributed by atoms with Gasteiger partial charge in [0.1, 0.15) is 17.5 Å². The lowest BCUT2D eigenvalue weighted by Gasteiger charge is -2.32. The number of halogens is 1. The van der Waals surface area contributed by atoms with Crippen molar-refractivity contribution >= 4 is 34.9 Å². The number of morpholine rings is 2. The van der Waals surface area contributed by atoms with E-state index in [0.717, 1.165) is 69.1 Å². The number of nitrogens with one attached hydrogen (secondary N) is 2. The minimum absolute atomic E-state index is 0.0467. The summed E-state index contributed by atoms with van der Waals surface area (Å²) in [5.74, 6) is 2.01. The highest BCUT2D eigenvalue weighted by atomic mass is 32.1. The summed E-state index contributed by atoms with van der Waals surface area (Å²) in [6, 6.07) is 8.94. The van der Waals surface area contributed by atoms with Gasteiger partial charge in [-0.1, -0.05) is 25.0 Å². The summed E-state index contributed by atoms with van der Waals surface area (Å²) in [4.78, 5) is 14.0. The van der Waals surface area contributed by atoms with Crippen LogP contribution in [0, 0.1) is 5.82 Å². The Balaban J connectivity index is 1.30.